The predicted molar refractivity (Wildman–Crippen MR) is 106 cm³/mol. The van der Waals surface area contributed by atoms with Crippen LogP contribution in [0.25, 0.3) is 0 Å². The van der Waals surface area contributed by atoms with E-state index in [-0.39, 0.29) is 35.5 Å². The molecule has 8 nitrogen and oxygen atoms in total. The maximum absolute atomic E-state index is 12.8. The van der Waals surface area contributed by atoms with Crippen LogP contribution >= 0.6 is 0 Å². The van der Waals surface area contributed by atoms with Crippen LogP contribution in [0.15, 0.2) is 36.4 Å². The highest BCUT2D eigenvalue weighted by molar-refractivity contribution is 6.09. The van der Waals surface area contributed by atoms with Gasteiger partial charge >= 0.3 is 5.97 Å². The van der Waals surface area contributed by atoms with Gasteiger partial charge in [0.15, 0.2) is 6.61 Å². The van der Waals surface area contributed by atoms with Gasteiger partial charge in [0.25, 0.3) is 5.91 Å². The zero-order valence-electron chi connectivity index (χ0n) is 16.9. The number of esters is 1. The number of amides is 3. The lowest BCUT2D eigenvalue weighted by Gasteiger charge is -2.23. The fourth-order valence-corrected chi connectivity index (χ4v) is 4.67. The van der Waals surface area contributed by atoms with Crippen molar-refractivity contribution in [2.24, 2.45) is 23.7 Å². The van der Waals surface area contributed by atoms with Crippen molar-refractivity contribution >= 4 is 29.4 Å². The molecule has 1 aromatic carbocycles. The topological polar surface area (TPSA) is 102 Å². The summed E-state index contributed by atoms with van der Waals surface area (Å²) in [5, 5.41) is 2.62. The summed E-state index contributed by atoms with van der Waals surface area (Å²) in [6.07, 6.45) is 4.81. The van der Waals surface area contributed by atoms with Crippen molar-refractivity contribution in [3.63, 3.8) is 0 Å². The second kappa shape index (κ2) is 7.93. The van der Waals surface area contributed by atoms with Crippen molar-refractivity contribution in [1.82, 2.24) is 4.90 Å². The maximum atomic E-state index is 12.8. The minimum Gasteiger partial charge on any atom is -0.494 e. The van der Waals surface area contributed by atoms with E-state index in [2.05, 4.69) is 5.32 Å². The average molecular weight is 412 g/mol. The Labute approximate surface area is 174 Å². The Bertz CT molecular complexity index is 879. The van der Waals surface area contributed by atoms with Crippen LogP contribution in [0.5, 0.6) is 5.75 Å². The van der Waals surface area contributed by atoms with Crippen LogP contribution in [0.3, 0.4) is 0 Å². The molecule has 30 heavy (non-hydrogen) atoms. The number of nitrogens with zero attached hydrogens (tertiary/aromatic N) is 1. The molecule has 0 radical (unpaired) electrons. The largest absolute Gasteiger partial charge is 0.494 e. The minimum absolute atomic E-state index is 0.0737. The van der Waals surface area contributed by atoms with E-state index in [1.165, 1.54) is 6.92 Å². The summed E-state index contributed by atoms with van der Waals surface area (Å²) >= 11 is 0. The van der Waals surface area contributed by atoms with Crippen LogP contribution in [-0.4, -0.2) is 47.8 Å². The standard InChI is InChI=1S/C22H24N2O6/c1-3-29-16-8-6-15(7-9-16)23-17(25)11-30-22(28)12(2)24-20(26)18-13-4-5-14(10-13)19(18)21(24)27/h4-9,12-14,18-19H,3,10-11H2,1-2H3,(H,23,25)/t12-,13+,14+,18-,19+/m1/s1. The van der Waals surface area contributed by atoms with Crippen molar-refractivity contribution in [2.75, 3.05) is 18.5 Å². The zero-order chi connectivity index (χ0) is 21.4. The van der Waals surface area contributed by atoms with Crippen LogP contribution in [-0.2, 0) is 23.9 Å². The van der Waals surface area contributed by atoms with Gasteiger partial charge in [0, 0.05) is 5.69 Å². The molecule has 1 N–H and O–H groups in total. The zero-order valence-corrected chi connectivity index (χ0v) is 16.9. The molecule has 8 heteroatoms. The fraction of sp³-hybridized carbons (Fsp3) is 0.455. The van der Waals surface area contributed by atoms with Crippen LogP contribution in [0.1, 0.15) is 20.3 Å². The number of ether oxygens (including phenoxy) is 2. The number of carbonyl (C=O) groups is 4. The molecule has 1 saturated carbocycles. The molecule has 1 aromatic rings. The highest BCUT2D eigenvalue weighted by Gasteiger charge is 2.60. The Hall–Kier alpha value is -3.16. The van der Waals surface area contributed by atoms with E-state index in [1.807, 2.05) is 19.1 Å². The van der Waals surface area contributed by atoms with Gasteiger partial charge in [0.05, 0.1) is 18.4 Å². The van der Waals surface area contributed by atoms with Gasteiger partial charge in [-0.25, -0.2) is 4.79 Å². The quantitative estimate of drug-likeness (QED) is 0.416. The molecule has 3 amide bonds. The molecule has 2 bridgehead atoms. The summed E-state index contributed by atoms with van der Waals surface area (Å²) < 4.78 is 10.4. The Morgan fingerprint density at radius 1 is 1.10 bits per heavy atom. The summed E-state index contributed by atoms with van der Waals surface area (Å²) in [6.45, 7) is 3.37. The molecule has 1 heterocycles. The lowest BCUT2D eigenvalue weighted by molar-refractivity contribution is -0.159. The van der Waals surface area contributed by atoms with E-state index in [9.17, 15) is 19.2 Å². The highest BCUT2D eigenvalue weighted by Crippen LogP contribution is 2.52. The first-order chi connectivity index (χ1) is 14.4. The number of benzene rings is 1. The Morgan fingerprint density at radius 3 is 2.27 bits per heavy atom. The van der Waals surface area contributed by atoms with E-state index in [1.54, 1.807) is 24.3 Å². The van der Waals surface area contributed by atoms with Gasteiger partial charge < -0.3 is 14.8 Å². The van der Waals surface area contributed by atoms with Gasteiger partial charge in [-0.2, -0.15) is 0 Å². The van der Waals surface area contributed by atoms with Gasteiger partial charge in [0.1, 0.15) is 11.8 Å². The Kier molecular flexibility index (Phi) is 5.32. The van der Waals surface area contributed by atoms with Gasteiger partial charge in [-0.3, -0.25) is 19.3 Å². The summed E-state index contributed by atoms with van der Waals surface area (Å²) in [7, 11) is 0. The number of fused-ring (bicyclic) bond motifs is 5. The number of nitrogens with one attached hydrogen (secondary N) is 1. The van der Waals surface area contributed by atoms with E-state index in [0.29, 0.717) is 18.0 Å². The average Bonchev–Trinajstić information content (AvgIpc) is 3.41. The SMILES string of the molecule is CCOc1ccc(NC(=O)COC(=O)[C@@H](C)N2C(=O)[C@@H]3[C@H](C2=O)[C@H]2C=C[C@H]3C2)cc1. The number of hydrogen-bond donors (Lipinski definition) is 1. The summed E-state index contributed by atoms with van der Waals surface area (Å²) in [5.74, 6) is -1.83. The summed E-state index contributed by atoms with van der Waals surface area (Å²) in [4.78, 5) is 51.0. The van der Waals surface area contributed by atoms with Gasteiger partial charge in [-0.1, -0.05) is 12.2 Å². The second-order valence-electron chi connectivity index (χ2n) is 7.84. The first-order valence-corrected chi connectivity index (χ1v) is 10.1. The summed E-state index contributed by atoms with van der Waals surface area (Å²) in [6, 6.07) is 5.73. The number of imide groups is 1. The Morgan fingerprint density at radius 2 is 1.70 bits per heavy atom. The van der Waals surface area contributed by atoms with E-state index < -0.39 is 24.5 Å². The molecule has 0 aromatic heterocycles. The highest BCUT2D eigenvalue weighted by atomic mass is 16.5. The molecule has 3 aliphatic rings. The molecule has 0 spiro atoms. The lowest BCUT2D eigenvalue weighted by Crippen LogP contribution is -2.45. The third-order valence-electron chi connectivity index (χ3n) is 6.03. The van der Waals surface area contributed by atoms with Crippen LogP contribution in [0.2, 0.25) is 0 Å². The predicted octanol–water partition coefficient (Wildman–Crippen LogP) is 1.76. The lowest BCUT2D eigenvalue weighted by atomic mass is 9.85. The van der Waals surface area contributed by atoms with Crippen LogP contribution in [0, 0.1) is 23.7 Å². The molecule has 2 aliphatic carbocycles. The number of allylic oxidation sites excluding steroid dienone is 2. The molecule has 5 atom stereocenters. The molecular weight excluding hydrogens is 388 g/mol. The number of anilines is 1. The first kappa shape index (κ1) is 20.1. The molecular formula is C22H24N2O6. The number of rotatable bonds is 7. The fourth-order valence-electron chi connectivity index (χ4n) is 4.67. The molecule has 1 saturated heterocycles. The number of hydrogen-bond acceptors (Lipinski definition) is 6. The van der Waals surface area contributed by atoms with Gasteiger partial charge in [-0.15, -0.1) is 0 Å². The minimum atomic E-state index is -1.06. The maximum Gasteiger partial charge on any atom is 0.329 e. The van der Waals surface area contributed by atoms with Crippen molar-refractivity contribution in [3.05, 3.63) is 36.4 Å². The smallest absolute Gasteiger partial charge is 0.329 e. The molecule has 2 fully saturated rings. The third kappa shape index (κ3) is 3.46. The van der Waals surface area contributed by atoms with Crippen molar-refractivity contribution in [1.29, 1.82) is 0 Å². The van der Waals surface area contributed by atoms with Crippen molar-refractivity contribution < 1.29 is 28.7 Å². The number of carbonyl (C=O) groups excluding carboxylic acids is 4. The van der Waals surface area contributed by atoms with Gasteiger partial charge in [-0.05, 0) is 56.4 Å². The number of likely N-dealkylation sites (tertiary alicyclic amines) is 1. The Balaban J connectivity index is 1.30. The monoisotopic (exact) mass is 412 g/mol. The first-order valence-electron chi connectivity index (χ1n) is 10.1. The van der Waals surface area contributed by atoms with E-state index in [0.717, 1.165) is 11.3 Å². The third-order valence-corrected chi connectivity index (χ3v) is 6.03. The molecule has 4 rings (SSSR count). The molecule has 158 valence electrons. The van der Waals surface area contributed by atoms with Crippen LogP contribution in [0.4, 0.5) is 5.69 Å². The van der Waals surface area contributed by atoms with E-state index >= 15 is 0 Å². The van der Waals surface area contributed by atoms with E-state index in [4.69, 9.17) is 9.47 Å². The molecule has 1 aliphatic heterocycles. The normalized spacial score (nSPS) is 27.2. The molecule has 0 unspecified atom stereocenters. The van der Waals surface area contributed by atoms with Crippen molar-refractivity contribution in [2.45, 2.75) is 26.3 Å². The van der Waals surface area contributed by atoms with Crippen LogP contribution < -0.4 is 10.1 Å². The van der Waals surface area contributed by atoms with Gasteiger partial charge in [0.2, 0.25) is 11.8 Å². The summed E-state index contributed by atoms with van der Waals surface area (Å²) in [5.41, 5.74) is 0.535. The second-order valence-corrected chi connectivity index (χ2v) is 7.84. The van der Waals surface area contributed by atoms with Crippen molar-refractivity contribution in [3.8, 4) is 5.75 Å².